The number of ether oxygens (including phenoxy) is 3. The van der Waals surface area contributed by atoms with Gasteiger partial charge in [0, 0.05) is 23.6 Å². The fourth-order valence-electron chi connectivity index (χ4n) is 5.11. The van der Waals surface area contributed by atoms with Crippen LogP contribution in [0.25, 0.3) is 5.76 Å². The molecule has 40 heavy (non-hydrogen) atoms. The molecule has 1 N–H and O–H groups in total. The van der Waals surface area contributed by atoms with Gasteiger partial charge in [-0.15, -0.1) is 11.3 Å². The van der Waals surface area contributed by atoms with Gasteiger partial charge in [0.15, 0.2) is 16.6 Å². The Morgan fingerprint density at radius 3 is 2.67 bits per heavy atom. The van der Waals surface area contributed by atoms with Gasteiger partial charge in [0.25, 0.3) is 5.78 Å². The molecule has 4 aromatic rings. The normalized spacial score (nSPS) is 19.4. The van der Waals surface area contributed by atoms with E-state index in [1.165, 1.54) is 23.3 Å². The number of anilines is 1. The highest BCUT2D eigenvalue weighted by atomic mass is 32.1. The minimum absolute atomic E-state index is 0.0212. The summed E-state index contributed by atoms with van der Waals surface area (Å²) < 4.78 is 17.4. The zero-order valence-corrected chi connectivity index (χ0v) is 22.7. The number of carbonyl (C=O) groups excluding carboxylic acids is 2. The number of thiazole rings is 1. The molecule has 9 heteroatoms. The SMILES string of the molecule is COc1cc(C2C(=C(O)c3ccc4c(c3)CC(C)O4)C(=O)C(=O)N2c2nccs2)ccc1OCc1ccccc1. The maximum Gasteiger partial charge on any atom is 0.301 e. The average Bonchev–Trinajstić information content (AvgIpc) is 3.69. The van der Waals surface area contributed by atoms with E-state index in [4.69, 9.17) is 14.2 Å². The first-order chi connectivity index (χ1) is 19.4. The maximum absolute atomic E-state index is 13.5. The number of aliphatic hydroxyl groups is 1. The monoisotopic (exact) mass is 554 g/mol. The van der Waals surface area contributed by atoms with E-state index in [1.807, 2.05) is 43.3 Å². The van der Waals surface area contributed by atoms with Crippen LogP contribution in [-0.4, -0.2) is 35.0 Å². The smallest absolute Gasteiger partial charge is 0.301 e. The van der Waals surface area contributed by atoms with E-state index in [0.717, 1.165) is 16.9 Å². The van der Waals surface area contributed by atoms with Gasteiger partial charge < -0.3 is 19.3 Å². The van der Waals surface area contributed by atoms with Gasteiger partial charge in [0.05, 0.1) is 18.7 Å². The van der Waals surface area contributed by atoms with E-state index in [-0.39, 0.29) is 17.4 Å². The summed E-state index contributed by atoms with van der Waals surface area (Å²) in [6.07, 6.45) is 2.28. The molecule has 202 valence electrons. The van der Waals surface area contributed by atoms with Crippen molar-refractivity contribution in [3.63, 3.8) is 0 Å². The molecule has 0 aliphatic carbocycles. The van der Waals surface area contributed by atoms with E-state index >= 15 is 0 Å². The molecule has 2 aliphatic heterocycles. The predicted octanol–water partition coefficient (Wildman–Crippen LogP) is 5.68. The molecule has 0 saturated carbocycles. The van der Waals surface area contributed by atoms with Gasteiger partial charge in [-0.1, -0.05) is 36.4 Å². The molecule has 2 unspecified atom stereocenters. The Morgan fingerprint density at radius 2 is 1.93 bits per heavy atom. The molecule has 2 aliphatic rings. The Hall–Kier alpha value is -4.63. The standard InChI is InChI=1S/C31H26N2O6S/c1-18-14-22-15-21(9-10-23(22)39-18)28(34)26-27(33(30(36)29(26)35)31-32-12-13-40-31)20-8-11-24(25(16-20)37-2)38-17-19-6-4-3-5-7-19/h3-13,15-16,18,27,34H,14,17H2,1-2H3. The summed E-state index contributed by atoms with van der Waals surface area (Å²) in [6, 6.07) is 19.3. The van der Waals surface area contributed by atoms with Crippen LogP contribution in [0.15, 0.2) is 83.9 Å². The molecule has 3 heterocycles. The quantitative estimate of drug-likeness (QED) is 0.178. The third-order valence-corrected chi connectivity index (χ3v) is 7.75. The molecular formula is C31H26N2O6S. The van der Waals surface area contributed by atoms with Crippen LogP contribution >= 0.6 is 11.3 Å². The van der Waals surface area contributed by atoms with Crippen molar-refractivity contribution in [3.05, 3.63) is 106 Å². The highest BCUT2D eigenvalue weighted by Crippen LogP contribution is 2.45. The van der Waals surface area contributed by atoms with Gasteiger partial charge in [0.1, 0.15) is 24.2 Å². The van der Waals surface area contributed by atoms with Crippen LogP contribution in [0, 0.1) is 0 Å². The number of amides is 1. The van der Waals surface area contributed by atoms with Gasteiger partial charge in [0.2, 0.25) is 0 Å². The number of carbonyl (C=O) groups is 2. The zero-order valence-electron chi connectivity index (χ0n) is 21.9. The van der Waals surface area contributed by atoms with Gasteiger partial charge in [-0.25, -0.2) is 4.98 Å². The van der Waals surface area contributed by atoms with Crippen molar-refractivity contribution in [3.8, 4) is 17.2 Å². The fraction of sp³-hybridized carbons (Fsp3) is 0.194. The Kier molecular flexibility index (Phi) is 6.73. The van der Waals surface area contributed by atoms with Crippen molar-refractivity contribution in [1.29, 1.82) is 0 Å². The largest absolute Gasteiger partial charge is 0.507 e. The van der Waals surface area contributed by atoms with Crippen LogP contribution in [0.5, 0.6) is 17.2 Å². The molecule has 1 aromatic heterocycles. The second kappa shape index (κ2) is 10.5. The van der Waals surface area contributed by atoms with E-state index < -0.39 is 17.7 Å². The number of aliphatic hydroxyl groups excluding tert-OH is 1. The Bertz CT molecular complexity index is 1620. The highest BCUT2D eigenvalue weighted by Gasteiger charge is 2.48. The molecular weight excluding hydrogens is 528 g/mol. The number of hydrogen-bond acceptors (Lipinski definition) is 8. The average molecular weight is 555 g/mol. The van der Waals surface area contributed by atoms with Crippen LogP contribution < -0.4 is 19.1 Å². The second-order valence-corrected chi connectivity index (χ2v) is 10.5. The van der Waals surface area contributed by atoms with Crippen molar-refractivity contribution in [2.24, 2.45) is 0 Å². The Morgan fingerprint density at radius 1 is 1.10 bits per heavy atom. The Labute approximate surface area is 235 Å². The first kappa shape index (κ1) is 25.6. The number of ketones is 1. The predicted molar refractivity (Wildman–Crippen MR) is 151 cm³/mol. The lowest BCUT2D eigenvalue weighted by molar-refractivity contribution is -0.132. The number of Topliss-reactive ketones (excluding diaryl/α,β-unsaturated/α-hetero) is 1. The van der Waals surface area contributed by atoms with E-state index in [0.29, 0.717) is 40.8 Å². The van der Waals surface area contributed by atoms with Gasteiger partial charge in [-0.05, 0) is 53.9 Å². The summed E-state index contributed by atoms with van der Waals surface area (Å²) in [7, 11) is 1.53. The van der Waals surface area contributed by atoms with Crippen LogP contribution in [0.4, 0.5) is 5.13 Å². The number of benzene rings is 3. The van der Waals surface area contributed by atoms with Crippen molar-refractivity contribution in [2.45, 2.75) is 32.1 Å². The maximum atomic E-state index is 13.5. The fourth-order valence-corrected chi connectivity index (χ4v) is 5.78. The van der Waals surface area contributed by atoms with Gasteiger partial charge in [-0.3, -0.25) is 14.5 Å². The third kappa shape index (κ3) is 4.58. The number of aromatic nitrogens is 1. The van der Waals surface area contributed by atoms with Crippen LogP contribution in [0.3, 0.4) is 0 Å². The van der Waals surface area contributed by atoms with E-state index in [9.17, 15) is 14.7 Å². The molecule has 3 aromatic carbocycles. The lowest BCUT2D eigenvalue weighted by atomic mass is 9.94. The molecule has 2 atom stereocenters. The summed E-state index contributed by atoms with van der Waals surface area (Å²) in [5, 5.41) is 13.6. The number of methoxy groups -OCH3 is 1. The minimum atomic E-state index is -0.924. The zero-order chi connectivity index (χ0) is 27.8. The van der Waals surface area contributed by atoms with Crippen molar-refractivity contribution in [2.75, 3.05) is 12.0 Å². The summed E-state index contributed by atoms with van der Waals surface area (Å²) >= 11 is 1.23. The topological polar surface area (TPSA) is 98.2 Å². The Balaban J connectivity index is 1.43. The second-order valence-electron chi connectivity index (χ2n) is 9.62. The number of nitrogens with zero attached hydrogens (tertiary/aromatic N) is 2. The summed E-state index contributed by atoms with van der Waals surface area (Å²) in [4.78, 5) is 32.5. The highest BCUT2D eigenvalue weighted by molar-refractivity contribution is 7.14. The first-order valence-electron chi connectivity index (χ1n) is 12.8. The molecule has 8 nitrogen and oxygen atoms in total. The minimum Gasteiger partial charge on any atom is -0.507 e. The lowest BCUT2D eigenvalue weighted by Gasteiger charge is -2.24. The van der Waals surface area contributed by atoms with Crippen molar-refractivity contribution < 1.29 is 28.9 Å². The first-order valence-corrected chi connectivity index (χ1v) is 13.7. The van der Waals surface area contributed by atoms with E-state index in [1.54, 1.807) is 41.9 Å². The summed E-state index contributed by atoms with van der Waals surface area (Å²) in [6.45, 7) is 2.31. The molecule has 1 fully saturated rings. The van der Waals surface area contributed by atoms with Gasteiger partial charge >= 0.3 is 5.91 Å². The molecule has 1 amide bonds. The van der Waals surface area contributed by atoms with Crippen LogP contribution in [-0.2, 0) is 22.6 Å². The van der Waals surface area contributed by atoms with Crippen molar-refractivity contribution >= 4 is 33.9 Å². The number of rotatable bonds is 7. The molecule has 1 saturated heterocycles. The van der Waals surface area contributed by atoms with E-state index in [2.05, 4.69) is 4.98 Å². The number of fused-ring (bicyclic) bond motifs is 1. The molecule has 0 radical (unpaired) electrons. The number of hydrogen-bond donors (Lipinski definition) is 1. The third-order valence-electron chi connectivity index (χ3n) is 6.98. The molecule has 6 rings (SSSR count). The summed E-state index contributed by atoms with van der Waals surface area (Å²) in [5.74, 6) is -0.113. The molecule has 0 spiro atoms. The lowest BCUT2D eigenvalue weighted by Crippen LogP contribution is -2.29. The molecule has 0 bridgehead atoms. The van der Waals surface area contributed by atoms with Gasteiger partial charge in [-0.2, -0.15) is 0 Å². The van der Waals surface area contributed by atoms with Crippen molar-refractivity contribution in [1.82, 2.24) is 4.98 Å². The van der Waals surface area contributed by atoms with Crippen LogP contribution in [0.2, 0.25) is 0 Å². The van der Waals surface area contributed by atoms with Crippen LogP contribution in [0.1, 0.15) is 35.2 Å². The summed E-state index contributed by atoms with van der Waals surface area (Å²) in [5.41, 5.74) is 2.92.